The van der Waals surface area contributed by atoms with Crippen molar-refractivity contribution in [1.82, 2.24) is 9.97 Å². The molecule has 2 heterocycles. The summed E-state index contributed by atoms with van der Waals surface area (Å²) in [6.07, 6.45) is 0. The molecule has 0 atom stereocenters. The van der Waals surface area contributed by atoms with Crippen molar-refractivity contribution in [3.05, 3.63) is 42.0 Å². The summed E-state index contributed by atoms with van der Waals surface area (Å²) in [4.78, 5) is 20.0. The van der Waals surface area contributed by atoms with Crippen LogP contribution >= 0.6 is 0 Å². The number of nitrogens with zero attached hydrogens (tertiary/aromatic N) is 1. The lowest BCUT2D eigenvalue weighted by molar-refractivity contribution is -0.119. The molecule has 1 aliphatic rings. The van der Waals surface area contributed by atoms with Gasteiger partial charge in [0.25, 0.3) is 0 Å². The van der Waals surface area contributed by atoms with Crippen LogP contribution in [0.5, 0.6) is 5.75 Å². The van der Waals surface area contributed by atoms with Crippen LogP contribution in [0.3, 0.4) is 0 Å². The number of imidazole rings is 1. The van der Waals surface area contributed by atoms with Crippen LogP contribution in [-0.4, -0.2) is 23.0 Å². The molecule has 5 heteroatoms. The second-order valence-corrected chi connectivity index (χ2v) is 6.31. The number of hydrogen-bond acceptors (Lipinski definition) is 3. The molecule has 0 radical (unpaired) electrons. The molecule has 2 N–H and O–H groups in total. The van der Waals surface area contributed by atoms with Crippen LogP contribution in [0.4, 0.5) is 5.69 Å². The molecule has 0 saturated carbocycles. The van der Waals surface area contributed by atoms with Crippen LogP contribution in [0.25, 0.3) is 22.4 Å². The number of anilines is 1. The predicted molar refractivity (Wildman–Crippen MR) is 89.7 cm³/mol. The Labute approximate surface area is 133 Å². The van der Waals surface area contributed by atoms with E-state index in [1.165, 1.54) is 0 Å². The number of rotatable bonds is 2. The zero-order chi connectivity index (χ0) is 16.2. The maximum atomic E-state index is 12.1. The highest BCUT2D eigenvalue weighted by Gasteiger charge is 2.38. The van der Waals surface area contributed by atoms with Gasteiger partial charge < -0.3 is 15.0 Å². The maximum Gasteiger partial charge on any atom is 0.234 e. The van der Waals surface area contributed by atoms with E-state index in [0.717, 1.165) is 39.4 Å². The maximum absolute atomic E-state index is 12.1. The van der Waals surface area contributed by atoms with Crippen molar-refractivity contribution in [2.45, 2.75) is 19.3 Å². The van der Waals surface area contributed by atoms with Crippen molar-refractivity contribution < 1.29 is 9.53 Å². The summed E-state index contributed by atoms with van der Waals surface area (Å²) < 4.78 is 5.24. The topological polar surface area (TPSA) is 67.0 Å². The lowest BCUT2D eigenvalue weighted by atomic mass is 9.86. The number of fused-ring (bicyclic) bond motifs is 2. The molecule has 0 unspecified atom stereocenters. The van der Waals surface area contributed by atoms with E-state index < -0.39 is 5.41 Å². The normalized spacial score (nSPS) is 15.5. The SMILES string of the molecule is COc1ccc2nc(-c3ccc4c(c3)NC(=O)C4(C)C)[nH]c2c1. The number of nitrogens with one attached hydrogen (secondary N) is 2. The van der Waals surface area contributed by atoms with E-state index in [2.05, 4.69) is 15.3 Å². The van der Waals surface area contributed by atoms with Crippen molar-refractivity contribution in [3.63, 3.8) is 0 Å². The van der Waals surface area contributed by atoms with Gasteiger partial charge in [0, 0.05) is 17.3 Å². The van der Waals surface area contributed by atoms with Crippen molar-refractivity contribution in [2.75, 3.05) is 12.4 Å². The van der Waals surface area contributed by atoms with Crippen molar-refractivity contribution >= 4 is 22.6 Å². The Kier molecular flexibility index (Phi) is 2.75. The summed E-state index contributed by atoms with van der Waals surface area (Å²) in [6, 6.07) is 11.7. The summed E-state index contributed by atoms with van der Waals surface area (Å²) in [6.45, 7) is 3.86. The van der Waals surface area contributed by atoms with Crippen LogP contribution in [0.2, 0.25) is 0 Å². The first kappa shape index (κ1) is 13.8. The first-order chi connectivity index (χ1) is 11.0. The number of hydrogen-bond donors (Lipinski definition) is 2. The Morgan fingerprint density at radius 3 is 2.74 bits per heavy atom. The monoisotopic (exact) mass is 307 g/mol. The van der Waals surface area contributed by atoms with Gasteiger partial charge in [-0.25, -0.2) is 4.98 Å². The van der Waals surface area contributed by atoms with E-state index >= 15 is 0 Å². The molecule has 5 nitrogen and oxygen atoms in total. The number of benzene rings is 2. The molecule has 23 heavy (non-hydrogen) atoms. The molecule has 3 aromatic rings. The Bertz CT molecular complexity index is 941. The Hall–Kier alpha value is -2.82. The quantitative estimate of drug-likeness (QED) is 0.762. The number of carbonyl (C=O) groups is 1. The Morgan fingerprint density at radius 1 is 1.13 bits per heavy atom. The van der Waals surface area contributed by atoms with Gasteiger partial charge in [0.1, 0.15) is 11.6 Å². The van der Waals surface area contributed by atoms with E-state index in [-0.39, 0.29) is 5.91 Å². The lowest BCUT2D eigenvalue weighted by Crippen LogP contribution is -2.26. The molecule has 1 amide bonds. The number of aromatic nitrogens is 2. The van der Waals surface area contributed by atoms with Gasteiger partial charge in [-0.05, 0) is 37.6 Å². The summed E-state index contributed by atoms with van der Waals surface area (Å²) >= 11 is 0. The van der Waals surface area contributed by atoms with Gasteiger partial charge in [-0.3, -0.25) is 4.79 Å². The zero-order valence-corrected chi connectivity index (χ0v) is 13.2. The molecule has 2 aromatic carbocycles. The van der Waals surface area contributed by atoms with Gasteiger partial charge in [-0.2, -0.15) is 0 Å². The molecule has 0 aliphatic carbocycles. The van der Waals surface area contributed by atoms with Gasteiger partial charge in [0.15, 0.2) is 0 Å². The van der Waals surface area contributed by atoms with Crippen molar-refractivity contribution in [2.24, 2.45) is 0 Å². The first-order valence-electron chi connectivity index (χ1n) is 7.49. The summed E-state index contributed by atoms with van der Waals surface area (Å²) in [5, 5.41) is 2.95. The standard InChI is InChI=1S/C18H17N3O2/c1-18(2)12-6-4-10(8-14(12)21-17(18)22)16-19-13-7-5-11(23-3)9-15(13)20-16/h4-9H,1-3H3,(H,19,20)(H,21,22). The molecule has 116 valence electrons. The second kappa shape index (κ2) is 4.59. The lowest BCUT2D eigenvalue weighted by Gasteiger charge is -2.14. The number of aromatic amines is 1. The third-order valence-electron chi connectivity index (χ3n) is 4.47. The largest absolute Gasteiger partial charge is 0.497 e. The molecule has 0 saturated heterocycles. The minimum Gasteiger partial charge on any atom is -0.497 e. The van der Waals surface area contributed by atoms with E-state index in [0.29, 0.717) is 0 Å². The average molecular weight is 307 g/mol. The molecule has 0 spiro atoms. The van der Waals surface area contributed by atoms with Gasteiger partial charge in [-0.1, -0.05) is 12.1 Å². The molecule has 0 fully saturated rings. The minimum absolute atomic E-state index is 0.0268. The van der Waals surface area contributed by atoms with Crippen molar-refractivity contribution in [1.29, 1.82) is 0 Å². The second-order valence-electron chi connectivity index (χ2n) is 6.31. The fourth-order valence-corrected chi connectivity index (χ4v) is 2.99. The molecule has 1 aromatic heterocycles. The number of H-pyrrole nitrogens is 1. The summed E-state index contributed by atoms with van der Waals surface area (Å²) in [5.74, 6) is 1.59. The summed E-state index contributed by atoms with van der Waals surface area (Å²) in [7, 11) is 1.64. The highest BCUT2D eigenvalue weighted by molar-refractivity contribution is 6.06. The van der Waals surface area contributed by atoms with E-state index in [1.54, 1.807) is 7.11 Å². The average Bonchev–Trinajstić information content (AvgIpc) is 3.06. The number of ether oxygens (including phenoxy) is 1. The highest BCUT2D eigenvalue weighted by Crippen LogP contribution is 2.39. The third kappa shape index (κ3) is 2.00. The third-order valence-corrected chi connectivity index (χ3v) is 4.47. The van der Waals surface area contributed by atoms with Crippen LogP contribution in [0.1, 0.15) is 19.4 Å². The predicted octanol–water partition coefficient (Wildman–Crippen LogP) is 3.47. The smallest absolute Gasteiger partial charge is 0.234 e. The molecular formula is C18H17N3O2. The Morgan fingerprint density at radius 2 is 1.96 bits per heavy atom. The number of carbonyl (C=O) groups excluding carboxylic acids is 1. The van der Waals surface area contributed by atoms with E-state index in [4.69, 9.17) is 4.74 Å². The van der Waals surface area contributed by atoms with Crippen LogP contribution in [0, 0.1) is 0 Å². The number of methoxy groups -OCH3 is 1. The van der Waals surface area contributed by atoms with Crippen LogP contribution < -0.4 is 10.1 Å². The van der Waals surface area contributed by atoms with E-state index in [9.17, 15) is 4.79 Å². The minimum atomic E-state index is -0.491. The van der Waals surface area contributed by atoms with Crippen LogP contribution in [-0.2, 0) is 10.2 Å². The fourth-order valence-electron chi connectivity index (χ4n) is 2.99. The van der Waals surface area contributed by atoms with Gasteiger partial charge >= 0.3 is 0 Å². The van der Waals surface area contributed by atoms with Crippen molar-refractivity contribution in [3.8, 4) is 17.1 Å². The first-order valence-corrected chi connectivity index (χ1v) is 7.49. The van der Waals surface area contributed by atoms with Gasteiger partial charge in [-0.15, -0.1) is 0 Å². The van der Waals surface area contributed by atoms with E-state index in [1.807, 2.05) is 50.2 Å². The summed E-state index contributed by atoms with van der Waals surface area (Å²) in [5.41, 5.74) is 4.13. The highest BCUT2D eigenvalue weighted by atomic mass is 16.5. The molecule has 4 rings (SSSR count). The molecule has 1 aliphatic heterocycles. The molecular weight excluding hydrogens is 290 g/mol. The van der Waals surface area contributed by atoms with Gasteiger partial charge in [0.2, 0.25) is 5.91 Å². The molecule has 0 bridgehead atoms. The zero-order valence-electron chi connectivity index (χ0n) is 13.2. The Balaban J connectivity index is 1.80. The van der Waals surface area contributed by atoms with Gasteiger partial charge in [0.05, 0.1) is 23.6 Å². The number of amides is 1. The fraction of sp³-hybridized carbons (Fsp3) is 0.222. The van der Waals surface area contributed by atoms with Crippen LogP contribution in [0.15, 0.2) is 36.4 Å².